The number of nitrogens with one attached hydrogen (secondary N) is 1. The summed E-state index contributed by atoms with van der Waals surface area (Å²) in [5.41, 5.74) is 3.06. The molecule has 0 unspecified atom stereocenters. The molecule has 2 heterocycles. The first-order valence-electron chi connectivity index (χ1n) is 7.57. The minimum Gasteiger partial charge on any atom is -0.467 e. The fourth-order valence-corrected chi connectivity index (χ4v) is 2.32. The molecule has 6 heteroatoms. The van der Waals surface area contributed by atoms with Gasteiger partial charge in [-0.05, 0) is 30.2 Å². The topological polar surface area (TPSA) is 72.4 Å². The van der Waals surface area contributed by atoms with E-state index in [4.69, 9.17) is 4.42 Å². The molecule has 6 nitrogen and oxygen atoms in total. The maximum atomic E-state index is 12.4. The summed E-state index contributed by atoms with van der Waals surface area (Å²) in [6, 6.07) is 11.5. The number of benzene rings is 1. The summed E-state index contributed by atoms with van der Waals surface area (Å²) in [6.45, 7) is 2.33. The van der Waals surface area contributed by atoms with Gasteiger partial charge in [-0.25, -0.2) is 0 Å². The van der Waals surface area contributed by atoms with Crippen molar-refractivity contribution < 1.29 is 9.21 Å². The zero-order chi connectivity index (χ0) is 16.9. The van der Waals surface area contributed by atoms with Crippen molar-refractivity contribution in [3.8, 4) is 0 Å². The molecule has 2 aromatic heterocycles. The fourth-order valence-electron chi connectivity index (χ4n) is 2.32. The lowest BCUT2D eigenvalue weighted by Gasteiger charge is -2.05. The number of aliphatic imine (C=N–C) groups is 1. The highest BCUT2D eigenvalue weighted by atomic mass is 16.3. The van der Waals surface area contributed by atoms with Gasteiger partial charge in [-0.2, -0.15) is 5.10 Å². The Morgan fingerprint density at radius 3 is 2.92 bits per heavy atom. The minimum absolute atomic E-state index is 0.247. The van der Waals surface area contributed by atoms with Gasteiger partial charge in [0.2, 0.25) is 0 Å². The average molecular weight is 322 g/mol. The van der Waals surface area contributed by atoms with Crippen LogP contribution in [0.4, 0.5) is 5.69 Å². The summed E-state index contributed by atoms with van der Waals surface area (Å²) in [7, 11) is 1.72. The van der Waals surface area contributed by atoms with Crippen LogP contribution in [0.15, 0.2) is 58.3 Å². The van der Waals surface area contributed by atoms with Gasteiger partial charge >= 0.3 is 0 Å². The van der Waals surface area contributed by atoms with E-state index in [-0.39, 0.29) is 5.91 Å². The third kappa shape index (κ3) is 3.43. The monoisotopic (exact) mass is 322 g/mol. The van der Waals surface area contributed by atoms with E-state index >= 15 is 0 Å². The molecular weight excluding hydrogens is 304 g/mol. The van der Waals surface area contributed by atoms with Crippen LogP contribution in [-0.2, 0) is 13.6 Å². The van der Waals surface area contributed by atoms with Crippen molar-refractivity contribution in [1.29, 1.82) is 0 Å². The van der Waals surface area contributed by atoms with E-state index in [0.717, 1.165) is 11.1 Å². The molecule has 122 valence electrons. The standard InChI is InChI=1S/C18H18N4O2/c1-13-6-3-4-7-14(13)10-19-16-12-21-22(2)17(16)18(23)20-11-15-8-5-9-24-15/h3-10,12H,11H2,1-2H3,(H,20,23). The number of aryl methyl sites for hydroxylation is 2. The Labute approximate surface area is 139 Å². The molecule has 0 saturated heterocycles. The smallest absolute Gasteiger partial charge is 0.272 e. The molecule has 1 N–H and O–H groups in total. The molecule has 1 amide bonds. The Morgan fingerprint density at radius 1 is 1.33 bits per heavy atom. The molecule has 1 aromatic carbocycles. The number of amides is 1. The van der Waals surface area contributed by atoms with Gasteiger partial charge in [0.25, 0.3) is 5.91 Å². The highest BCUT2D eigenvalue weighted by Gasteiger charge is 2.16. The van der Waals surface area contributed by atoms with Crippen LogP contribution in [0.3, 0.4) is 0 Å². The predicted octanol–water partition coefficient (Wildman–Crippen LogP) is 3.00. The molecule has 0 radical (unpaired) electrons. The van der Waals surface area contributed by atoms with Crippen LogP contribution in [-0.4, -0.2) is 21.9 Å². The SMILES string of the molecule is Cc1ccccc1C=Nc1cnn(C)c1C(=O)NCc1ccco1. The summed E-state index contributed by atoms with van der Waals surface area (Å²) in [6.07, 6.45) is 4.90. The van der Waals surface area contributed by atoms with Crippen LogP contribution in [0.25, 0.3) is 0 Å². The highest BCUT2D eigenvalue weighted by Crippen LogP contribution is 2.18. The molecule has 0 aliphatic rings. The lowest BCUT2D eigenvalue weighted by Crippen LogP contribution is -2.25. The molecule has 3 aromatic rings. The normalized spacial score (nSPS) is 11.1. The summed E-state index contributed by atoms with van der Waals surface area (Å²) in [4.78, 5) is 16.9. The van der Waals surface area contributed by atoms with Crippen LogP contribution in [0.2, 0.25) is 0 Å². The molecular formula is C18H18N4O2. The molecule has 0 atom stereocenters. The zero-order valence-corrected chi connectivity index (χ0v) is 13.6. The van der Waals surface area contributed by atoms with Crippen molar-refractivity contribution in [2.24, 2.45) is 12.0 Å². The Hall–Kier alpha value is -3.15. The van der Waals surface area contributed by atoms with E-state index in [9.17, 15) is 4.79 Å². The van der Waals surface area contributed by atoms with Gasteiger partial charge in [-0.1, -0.05) is 24.3 Å². The number of hydrogen-bond donors (Lipinski definition) is 1. The zero-order valence-electron chi connectivity index (χ0n) is 13.6. The molecule has 0 aliphatic carbocycles. The summed E-state index contributed by atoms with van der Waals surface area (Å²) >= 11 is 0. The van der Waals surface area contributed by atoms with E-state index in [1.165, 1.54) is 4.68 Å². The number of nitrogens with zero attached hydrogens (tertiary/aromatic N) is 3. The molecule has 3 rings (SSSR count). The van der Waals surface area contributed by atoms with Gasteiger partial charge < -0.3 is 9.73 Å². The lowest BCUT2D eigenvalue weighted by molar-refractivity contribution is 0.0939. The Kier molecular flexibility index (Phi) is 4.56. The Morgan fingerprint density at radius 2 is 2.17 bits per heavy atom. The van der Waals surface area contributed by atoms with Crippen LogP contribution in [0.1, 0.15) is 27.4 Å². The summed E-state index contributed by atoms with van der Waals surface area (Å²) in [5.74, 6) is 0.443. The van der Waals surface area contributed by atoms with Crippen LogP contribution < -0.4 is 5.32 Å². The molecule has 0 spiro atoms. The second-order valence-corrected chi connectivity index (χ2v) is 5.38. The van der Waals surface area contributed by atoms with Gasteiger partial charge in [0.1, 0.15) is 11.4 Å². The molecule has 0 saturated carbocycles. The van der Waals surface area contributed by atoms with Crippen molar-refractivity contribution in [1.82, 2.24) is 15.1 Å². The number of hydrogen-bond acceptors (Lipinski definition) is 4. The van der Waals surface area contributed by atoms with Crippen molar-refractivity contribution in [3.63, 3.8) is 0 Å². The van der Waals surface area contributed by atoms with Crippen LogP contribution in [0, 0.1) is 6.92 Å². The van der Waals surface area contributed by atoms with Crippen molar-refractivity contribution in [2.75, 3.05) is 0 Å². The Bertz CT molecular complexity index is 863. The van der Waals surface area contributed by atoms with E-state index < -0.39 is 0 Å². The predicted molar refractivity (Wildman–Crippen MR) is 91.5 cm³/mol. The molecule has 0 aliphatic heterocycles. The van der Waals surface area contributed by atoms with Gasteiger partial charge in [-0.3, -0.25) is 14.5 Å². The molecule has 0 fully saturated rings. The number of furan rings is 1. The van der Waals surface area contributed by atoms with Crippen molar-refractivity contribution in [3.05, 3.63) is 71.4 Å². The number of aromatic nitrogens is 2. The fraction of sp³-hybridized carbons (Fsp3) is 0.167. The number of carbonyl (C=O) groups is 1. The summed E-state index contributed by atoms with van der Waals surface area (Å²) < 4.78 is 6.73. The van der Waals surface area contributed by atoms with E-state index in [1.807, 2.05) is 31.2 Å². The van der Waals surface area contributed by atoms with Gasteiger partial charge in [0.15, 0.2) is 5.69 Å². The van der Waals surface area contributed by atoms with E-state index in [2.05, 4.69) is 15.4 Å². The number of rotatable bonds is 5. The van der Waals surface area contributed by atoms with Crippen LogP contribution >= 0.6 is 0 Å². The molecule has 0 bridgehead atoms. The first-order valence-corrected chi connectivity index (χ1v) is 7.57. The minimum atomic E-state index is -0.247. The van der Waals surface area contributed by atoms with Gasteiger partial charge in [0.05, 0.1) is 19.0 Å². The number of carbonyl (C=O) groups excluding carboxylic acids is 1. The second-order valence-electron chi connectivity index (χ2n) is 5.38. The Balaban J connectivity index is 1.78. The van der Waals surface area contributed by atoms with Gasteiger partial charge in [0, 0.05) is 13.3 Å². The second kappa shape index (κ2) is 6.95. The average Bonchev–Trinajstić information content (AvgIpc) is 3.21. The van der Waals surface area contributed by atoms with Crippen LogP contribution in [0.5, 0.6) is 0 Å². The van der Waals surface area contributed by atoms with E-state index in [0.29, 0.717) is 23.7 Å². The largest absolute Gasteiger partial charge is 0.467 e. The lowest BCUT2D eigenvalue weighted by atomic mass is 10.1. The van der Waals surface area contributed by atoms with E-state index in [1.54, 1.807) is 37.9 Å². The first-order chi connectivity index (χ1) is 11.6. The maximum Gasteiger partial charge on any atom is 0.272 e. The quantitative estimate of drug-likeness (QED) is 0.734. The third-order valence-corrected chi connectivity index (χ3v) is 3.67. The summed E-state index contributed by atoms with van der Waals surface area (Å²) in [5, 5.41) is 6.95. The molecule has 24 heavy (non-hydrogen) atoms. The third-order valence-electron chi connectivity index (χ3n) is 3.67. The first kappa shape index (κ1) is 15.7. The highest BCUT2D eigenvalue weighted by molar-refractivity contribution is 5.98. The van der Waals surface area contributed by atoms with Gasteiger partial charge in [-0.15, -0.1) is 0 Å². The van der Waals surface area contributed by atoms with Crippen molar-refractivity contribution >= 4 is 17.8 Å². The maximum absolute atomic E-state index is 12.4. The van der Waals surface area contributed by atoms with Crippen molar-refractivity contribution in [2.45, 2.75) is 13.5 Å².